The van der Waals surface area contributed by atoms with Crippen molar-refractivity contribution in [3.63, 3.8) is 0 Å². The second kappa shape index (κ2) is 7.63. The summed E-state index contributed by atoms with van der Waals surface area (Å²) < 4.78 is 24.7. The Balaban J connectivity index is 1.94. The summed E-state index contributed by atoms with van der Waals surface area (Å²) in [6, 6.07) is 6.91. The molecule has 1 aromatic carbocycles. The van der Waals surface area contributed by atoms with Crippen molar-refractivity contribution >= 4 is 21.6 Å². The van der Waals surface area contributed by atoms with Crippen molar-refractivity contribution in [1.29, 1.82) is 0 Å². The maximum Gasteiger partial charge on any atom is 0.179 e. The van der Waals surface area contributed by atoms with Gasteiger partial charge < -0.3 is 10.6 Å². The van der Waals surface area contributed by atoms with E-state index in [9.17, 15) is 8.42 Å². The third kappa shape index (κ3) is 4.71. The van der Waals surface area contributed by atoms with E-state index in [2.05, 4.69) is 11.8 Å². The molecule has 1 saturated heterocycles. The Bertz CT molecular complexity index is 543. The van der Waals surface area contributed by atoms with Gasteiger partial charge in [-0.15, -0.1) is 0 Å². The van der Waals surface area contributed by atoms with Gasteiger partial charge in [-0.2, -0.15) is 11.8 Å². The first-order valence-corrected chi connectivity index (χ1v) is 10.1. The number of sulfone groups is 1. The molecule has 2 rings (SSSR count). The van der Waals surface area contributed by atoms with Crippen molar-refractivity contribution in [3.8, 4) is 0 Å². The third-order valence-corrected chi connectivity index (χ3v) is 6.96. The highest BCUT2D eigenvalue weighted by Gasteiger charge is 2.21. The molecule has 1 aromatic rings. The minimum atomic E-state index is -3.20. The van der Waals surface area contributed by atoms with Crippen molar-refractivity contribution in [2.45, 2.75) is 30.0 Å². The lowest BCUT2D eigenvalue weighted by atomic mass is 10.2. The highest BCUT2D eigenvalue weighted by atomic mass is 32.2. The largest absolute Gasteiger partial charge is 0.326 e. The van der Waals surface area contributed by atoms with E-state index in [1.54, 1.807) is 24.3 Å². The van der Waals surface area contributed by atoms with Gasteiger partial charge in [-0.05, 0) is 24.1 Å². The number of hydrogen-bond acceptors (Lipinski definition) is 5. The van der Waals surface area contributed by atoms with Gasteiger partial charge in [0.25, 0.3) is 0 Å². The second-order valence-electron chi connectivity index (χ2n) is 5.37. The Labute approximate surface area is 132 Å². The second-order valence-corrected chi connectivity index (χ2v) is 8.89. The number of thioether (sulfide) groups is 1. The molecule has 0 spiro atoms. The summed E-state index contributed by atoms with van der Waals surface area (Å²) in [6.45, 7) is 5.24. The Hall–Kier alpha value is -0.560. The van der Waals surface area contributed by atoms with Crippen LogP contribution in [0.5, 0.6) is 0 Å². The van der Waals surface area contributed by atoms with Crippen LogP contribution >= 0.6 is 11.8 Å². The van der Waals surface area contributed by atoms with Crippen molar-refractivity contribution < 1.29 is 8.42 Å². The minimum absolute atomic E-state index is 0.191. The highest BCUT2D eigenvalue weighted by molar-refractivity contribution is 8.00. The SMILES string of the molecule is CCC1CN(CCS(=O)(=O)c2ccc(CN)cc2)CCS1. The lowest BCUT2D eigenvalue weighted by Gasteiger charge is -2.31. The van der Waals surface area contributed by atoms with E-state index in [0.717, 1.165) is 30.8 Å². The molecule has 1 unspecified atom stereocenters. The molecule has 0 saturated carbocycles. The molecular formula is C15H24N2O2S2. The Morgan fingerprint density at radius 2 is 2.05 bits per heavy atom. The molecule has 6 heteroatoms. The molecule has 1 fully saturated rings. The van der Waals surface area contributed by atoms with E-state index in [1.807, 2.05) is 11.8 Å². The topological polar surface area (TPSA) is 63.4 Å². The molecule has 118 valence electrons. The maximum absolute atomic E-state index is 12.4. The van der Waals surface area contributed by atoms with E-state index in [4.69, 9.17) is 5.73 Å². The summed E-state index contributed by atoms with van der Waals surface area (Å²) in [6.07, 6.45) is 1.15. The molecule has 21 heavy (non-hydrogen) atoms. The van der Waals surface area contributed by atoms with Crippen molar-refractivity contribution in [1.82, 2.24) is 4.90 Å². The number of rotatable bonds is 6. The maximum atomic E-state index is 12.4. The minimum Gasteiger partial charge on any atom is -0.326 e. The van der Waals surface area contributed by atoms with Crippen LogP contribution in [0.1, 0.15) is 18.9 Å². The van der Waals surface area contributed by atoms with E-state index in [1.165, 1.54) is 0 Å². The Kier molecular flexibility index (Phi) is 6.10. The Morgan fingerprint density at radius 3 is 2.67 bits per heavy atom. The zero-order chi connectivity index (χ0) is 15.3. The molecule has 1 aliphatic rings. The molecule has 4 nitrogen and oxygen atoms in total. The zero-order valence-corrected chi connectivity index (χ0v) is 14.1. The summed E-state index contributed by atoms with van der Waals surface area (Å²) in [7, 11) is -3.20. The fourth-order valence-electron chi connectivity index (χ4n) is 2.43. The van der Waals surface area contributed by atoms with Gasteiger partial charge in [-0.25, -0.2) is 8.42 Å². The van der Waals surface area contributed by atoms with Crippen molar-refractivity contribution in [2.75, 3.05) is 31.1 Å². The predicted octanol–water partition coefficient (Wildman–Crippen LogP) is 1.75. The molecular weight excluding hydrogens is 304 g/mol. The highest BCUT2D eigenvalue weighted by Crippen LogP contribution is 2.21. The van der Waals surface area contributed by atoms with Gasteiger partial charge >= 0.3 is 0 Å². The summed E-state index contributed by atoms with van der Waals surface area (Å²) in [4.78, 5) is 2.68. The number of nitrogens with zero attached hydrogens (tertiary/aromatic N) is 1. The standard InChI is InChI=1S/C15H24N2O2S2/c1-2-14-12-17(7-9-20-14)8-10-21(18,19)15-5-3-13(11-16)4-6-15/h3-6,14H,2,7-12,16H2,1H3. The number of hydrogen-bond donors (Lipinski definition) is 1. The Morgan fingerprint density at radius 1 is 1.33 bits per heavy atom. The van der Waals surface area contributed by atoms with E-state index < -0.39 is 9.84 Å². The van der Waals surface area contributed by atoms with Gasteiger partial charge in [-0.3, -0.25) is 0 Å². The van der Waals surface area contributed by atoms with Crippen LogP contribution < -0.4 is 5.73 Å². The van der Waals surface area contributed by atoms with E-state index >= 15 is 0 Å². The summed E-state index contributed by atoms with van der Waals surface area (Å²) >= 11 is 2.00. The van der Waals surface area contributed by atoms with Gasteiger partial charge in [0.05, 0.1) is 10.6 Å². The summed E-state index contributed by atoms with van der Waals surface area (Å²) in [5.74, 6) is 1.29. The first-order valence-electron chi connectivity index (χ1n) is 7.41. The van der Waals surface area contributed by atoms with Gasteiger partial charge in [-0.1, -0.05) is 19.1 Å². The number of benzene rings is 1. The first kappa shape index (κ1) is 16.8. The summed E-state index contributed by atoms with van der Waals surface area (Å²) in [5.41, 5.74) is 6.48. The van der Waals surface area contributed by atoms with Crippen LogP contribution in [0.15, 0.2) is 29.2 Å². The predicted molar refractivity (Wildman–Crippen MR) is 89.4 cm³/mol. The smallest absolute Gasteiger partial charge is 0.179 e. The van der Waals surface area contributed by atoms with Crippen LogP contribution in [-0.2, 0) is 16.4 Å². The monoisotopic (exact) mass is 328 g/mol. The van der Waals surface area contributed by atoms with E-state index in [-0.39, 0.29) is 5.75 Å². The normalized spacial score (nSPS) is 20.6. The van der Waals surface area contributed by atoms with Crippen LogP contribution in [-0.4, -0.2) is 49.7 Å². The first-order chi connectivity index (χ1) is 10.0. The molecule has 1 aliphatic heterocycles. The van der Waals surface area contributed by atoms with Crippen molar-refractivity contribution in [2.24, 2.45) is 5.73 Å². The quantitative estimate of drug-likeness (QED) is 0.862. The number of nitrogens with two attached hydrogens (primary N) is 1. The van der Waals surface area contributed by atoms with Crippen LogP contribution in [0, 0.1) is 0 Å². The van der Waals surface area contributed by atoms with Crippen LogP contribution in [0.25, 0.3) is 0 Å². The fraction of sp³-hybridized carbons (Fsp3) is 0.600. The van der Waals surface area contributed by atoms with Crippen LogP contribution in [0.4, 0.5) is 0 Å². The van der Waals surface area contributed by atoms with Gasteiger partial charge in [0.15, 0.2) is 9.84 Å². The molecule has 0 aromatic heterocycles. The van der Waals surface area contributed by atoms with Crippen LogP contribution in [0.3, 0.4) is 0 Å². The average molecular weight is 329 g/mol. The lowest BCUT2D eigenvalue weighted by Crippen LogP contribution is -2.40. The fourth-order valence-corrected chi connectivity index (χ4v) is 4.96. The molecule has 1 atom stereocenters. The van der Waals surface area contributed by atoms with Gasteiger partial charge in [0.2, 0.25) is 0 Å². The molecule has 0 aliphatic carbocycles. The molecule has 0 bridgehead atoms. The van der Waals surface area contributed by atoms with Crippen LogP contribution in [0.2, 0.25) is 0 Å². The van der Waals surface area contributed by atoms with Gasteiger partial charge in [0.1, 0.15) is 0 Å². The zero-order valence-electron chi connectivity index (χ0n) is 12.5. The lowest BCUT2D eigenvalue weighted by molar-refractivity contribution is 0.297. The molecule has 0 radical (unpaired) electrons. The molecule has 1 heterocycles. The third-order valence-electron chi connectivity index (χ3n) is 3.87. The van der Waals surface area contributed by atoms with Gasteiger partial charge in [0, 0.05) is 37.2 Å². The van der Waals surface area contributed by atoms with Crippen molar-refractivity contribution in [3.05, 3.63) is 29.8 Å². The van der Waals surface area contributed by atoms with E-state index in [0.29, 0.717) is 23.2 Å². The summed E-state index contributed by atoms with van der Waals surface area (Å²) in [5, 5.41) is 0.644. The molecule has 2 N–H and O–H groups in total. The molecule has 0 amide bonds. The average Bonchev–Trinajstić information content (AvgIpc) is 2.53.